The van der Waals surface area contributed by atoms with Gasteiger partial charge < -0.3 is 25.0 Å². The number of hydrogen-bond donors (Lipinski definition) is 2. The quantitative estimate of drug-likeness (QED) is 0.736. The van der Waals surface area contributed by atoms with E-state index < -0.39 is 23.7 Å². The minimum absolute atomic E-state index is 0.144. The van der Waals surface area contributed by atoms with E-state index in [2.05, 4.69) is 15.6 Å². The summed E-state index contributed by atoms with van der Waals surface area (Å²) in [5.74, 6) is -0.245. The maximum absolute atomic E-state index is 12.7. The Bertz CT molecular complexity index is 986. The van der Waals surface area contributed by atoms with Crippen LogP contribution in [0.15, 0.2) is 30.5 Å². The van der Waals surface area contributed by atoms with Crippen LogP contribution in [-0.2, 0) is 11.0 Å². The summed E-state index contributed by atoms with van der Waals surface area (Å²) in [5.41, 5.74) is -0.776. The number of amides is 3. The molecule has 160 valence electrons. The SMILES string of the molecule is COc1ccc(Oc2ncc(C(F)(F)F)cc2Cl)cc1NC(=O)C1CNC(=O)N1C. The molecule has 1 aliphatic rings. The fraction of sp³-hybridized carbons (Fsp3) is 0.278. The minimum atomic E-state index is -4.59. The molecule has 1 atom stereocenters. The van der Waals surface area contributed by atoms with E-state index in [9.17, 15) is 22.8 Å². The minimum Gasteiger partial charge on any atom is -0.495 e. The van der Waals surface area contributed by atoms with Crippen molar-refractivity contribution in [2.24, 2.45) is 0 Å². The van der Waals surface area contributed by atoms with Gasteiger partial charge in [-0.3, -0.25) is 4.79 Å². The Morgan fingerprint density at radius 2 is 2.10 bits per heavy atom. The van der Waals surface area contributed by atoms with Gasteiger partial charge in [0.1, 0.15) is 22.6 Å². The van der Waals surface area contributed by atoms with Crippen molar-refractivity contribution in [2.75, 3.05) is 26.0 Å². The Hall–Kier alpha value is -3.21. The standard InChI is InChI=1S/C18H16ClF3N4O4/c1-26-13(8-24-17(26)28)15(27)25-12-6-10(3-4-14(12)29-2)30-16-11(19)5-9(7-23-16)18(20,21)22/h3-7,13H,8H2,1-2H3,(H,24,28)(H,25,27). The van der Waals surface area contributed by atoms with E-state index in [0.717, 1.165) is 0 Å². The van der Waals surface area contributed by atoms with Crippen LogP contribution in [0.2, 0.25) is 5.02 Å². The molecular weight excluding hydrogens is 429 g/mol. The number of carbonyl (C=O) groups is 2. The van der Waals surface area contributed by atoms with Gasteiger partial charge in [0, 0.05) is 25.9 Å². The zero-order valence-corrected chi connectivity index (χ0v) is 16.5. The van der Waals surface area contributed by atoms with Gasteiger partial charge in [-0.15, -0.1) is 0 Å². The van der Waals surface area contributed by atoms with Crippen molar-refractivity contribution in [1.82, 2.24) is 15.2 Å². The largest absolute Gasteiger partial charge is 0.495 e. The van der Waals surface area contributed by atoms with Crippen molar-refractivity contribution >= 4 is 29.2 Å². The second-order valence-corrected chi connectivity index (χ2v) is 6.68. The van der Waals surface area contributed by atoms with Gasteiger partial charge in [0.15, 0.2) is 0 Å². The molecule has 1 aromatic heterocycles. The predicted octanol–water partition coefficient (Wildman–Crippen LogP) is 3.52. The fourth-order valence-electron chi connectivity index (χ4n) is 2.69. The Balaban J connectivity index is 1.81. The number of aromatic nitrogens is 1. The van der Waals surface area contributed by atoms with Crippen LogP contribution in [0.3, 0.4) is 0 Å². The first-order valence-electron chi connectivity index (χ1n) is 8.50. The van der Waals surface area contributed by atoms with Crippen LogP contribution in [0, 0.1) is 0 Å². The molecule has 30 heavy (non-hydrogen) atoms. The highest BCUT2D eigenvalue weighted by Gasteiger charge is 2.34. The highest BCUT2D eigenvalue weighted by atomic mass is 35.5. The van der Waals surface area contributed by atoms with E-state index >= 15 is 0 Å². The van der Waals surface area contributed by atoms with Crippen LogP contribution < -0.4 is 20.1 Å². The number of halogens is 4. The number of methoxy groups -OCH3 is 1. The van der Waals surface area contributed by atoms with Gasteiger partial charge in [0.25, 0.3) is 0 Å². The molecule has 2 N–H and O–H groups in total. The molecule has 1 unspecified atom stereocenters. The Morgan fingerprint density at radius 1 is 1.37 bits per heavy atom. The number of nitrogens with zero attached hydrogens (tertiary/aromatic N) is 2. The lowest BCUT2D eigenvalue weighted by molar-refractivity contribution is -0.137. The average Bonchev–Trinajstić information content (AvgIpc) is 3.01. The van der Waals surface area contributed by atoms with E-state index in [1.54, 1.807) is 0 Å². The van der Waals surface area contributed by atoms with E-state index in [1.165, 1.54) is 37.3 Å². The fourth-order valence-corrected chi connectivity index (χ4v) is 2.89. The van der Waals surface area contributed by atoms with E-state index in [-0.39, 0.29) is 34.9 Å². The number of urea groups is 1. The first-order valence-corrected chi connectivity index (χ1v) is 8.88. The summed E-state index contributed by atoms with van der Waals surface area (Å²) in [4.78, 5) is 28.9. The van der Waals surface area contributed by atoms with Crippen molar-refractivity contribution in [2.45, 2.75) is 12.2 Å². The first kappa shape index (κ1) is 21.5. The number of pyridine rings is 1. The molecular formula is C18H16ClF3N4O4. The molecule has 0 bridgehead atoms. The van der Waals surface area contributed by atoms with Gasteiger partial charge in [-0.25, -0.2) is 9.78 Å². The van der Waals surface area contributed by atoms with Gasteiger partial charge in [-0.1, -0.05) is 11.6 Å². The molecule has 0 spiro atoms. The number of likely N-dealkylation sites (N-methyl/N-ethyl adjacent to an activating group) is 1. The maximum Gasteiger partial charge on any atom is 0.417 e. The molecule has 0 saturated carbocycles. The molecule has 0 radical (unpaired) electrons. The molecule has 0 aliphatic carbocycles. The van der Waals surface area contributed by atoms with E-state index in [4.69, 9.17) is 21.1 Å². The van der Waals surface area contributed by atoms with E-state index in [1.807, 2.05) is 0 Å². The smallest absolute Gasteiger partial charge is 0.417 e. The lowest BCUT2D eigenvalue weighted by Crippen LogP contribution is -2.40. The highest BCUT2D eigenvalue weighted by Crippen LogP contribution is 2.36. The average molecular weight is 445 g/mol. The van der Waals surface area contributed by atoms with Crippen molar-refractivity contribution in [3.63, 3.8) is 0 Å². The molecule has 8 nitrogen and oxygen atoms in total. The molecule has 2 aromatic rings. The molecule has 12 heteroatoms. The van der Waals surface area contributed by atoms with Gasteiger partial charge >= 0.3 is 12.2 Å². The summed E-state index contributed by atoms with van der Waals surface area (Å²) in [6.45, 7) is 0.144. The molecule has 2 heterocycles. The summed E-state index contributed by atoms with van der Waals surface area (Å²) in [5, 5.41) is 4.86. The topological polar surface area (TPSA) is 92.8 Å². The van der Waals surface area contributed by atoms with Gasteiger partial charge in [0.05, 0.1) is 18.4 Å². The predicted molar refractivity (Wildman–Crippen MR) is 101 cm³/mol. The second-order valence-electron chi connectivity index (χ2n) is 6.27. The molecule has 1 saturated heterocycles. The number of ether oxygens (including phenoxy) is 2. The number of nitrogens with one attached hydrogen (secondary N) is 2. The van der Waals surface area contributed by atoms with Crippen molar-refractivity contribution in [3.8, 4) is 17.4 Å². The number of alkyl halides is 3. The molecule has 1 aliphatic heterocycles. The van der Waals surface area contributed by atoms with Gasteiger partial charge in [0.2, 0.25) is 11.8 Å². The number of rotatable bonds is 5. The zero-order valence-electron chi connectivity index (χ0n) is 15.7. The van der Waals surface area contributed by atoms with Crippen LogP contribution >= 0.6 is 11.6 Å². The van der Waals surface area contributed by atoms with Crippen LogP contribution in [0.25, 0.3) is 0 Å². The van der Waals surface area contributed by atoms with Crippen molar-refractivity contribution < 1.29 is 32.2 Å². The van der Waals surface area contributed by atoms with Gasteiger partial charge in [-0.05, 0) is 18.2 Å². The van der Waals surface area contributed by atoms with E-state index in [0.29, 0.717) is 18.0 Å². The Morgan fingerprint density at radius 3 is 2.67 bits per heavy atom. The van der Waals surface area contributed by atoms with Crippen LogP contribution in [0.5, 0.6) is 17.4 Å². The third-order valence-electron chi connectivity index (χ3n) is 4.32. The third-order valence-corrected chi connectivity index (χ3v) is 4.59. The van der Waals surface area contributed by atoms with Crippen LogP contribution in [0.4, 0.5) is 23.7 Å². The monoisotopic (exact) mass is 444 g/mol. The number of anilines is 1. The highest BCUT2D eigenvalue weighted by molar-refractivity contribution is 6.31. The van der Waals surface area contributed by atoms with Crippen molar-refractivity contribution in [1.29, 1.82) is 0 Å². The summed E-state index contributed by atoms with van der Waals surface area (Å²) in [6, 6.07) is 3.97. The number of hydrogen-bond acceptors (Lipinski definition) is 5. The molecule has 1 fully saturated rings. The Kier molecular flexibility index (Phi) is 5.92. The number of carbonyl (C=O) groups excluding carboxylic acids is 2. The molecule has 3 rings (SSSR count). The van der Waals surface area contributed by atoms with Crippen LogP contribution in [-0.4, -0.2) is 48.6 Å². The molecule has 3 amide bonds. The summed E-state index contributed by atoms with van der Waals surface area (Å²) in [7, 11) is 2.88. The summed E-state index contributed by atoms with van der Waals surface area (Å²) in [6.07, 6.45) is -3.98. The number of benzene rings is 1. The third kappa shape index (κ3) is 4.51. The maximum atomic E-state index is 12.7. The Labute approximate surface area is 173 Å². The van der Waals surface area contributed by atoms with Crippen molar-refractivity contribution in [3.05, 3.63) is 41.0 Å². The molecule has 1 aromatic carbocycles. The second kappa shape index (κ2) is 8.27. The zero-order chi connectivity index (χ0) is 22.1. The van der Waals surface area contributed by atoms with Gasteiger partial charge in [-0.2, -0.15) is 13.2 Å². The lowest BCUT2D eigenvalue weighted by Gasteiger charge is -2.19. The first-order chi connectivity index (χ1) is 14.1. The summed E-state index contributed by atoms with van der Waals surface area (Å²) >= 11 is 5.86. The van der Waals surface area contributed by atoms with Crippen LogP contribution in [0.1, 0.15) is 5.56 Å². The summed E-state index contributed by atoms with van der Waals surface area (Å²) < 4.78 is 48.9. The normalized spacial score (nSPS) is 16.3. The lowest BCUT2D eigenvalue weighted by atomic mass is 10.2.